The average Bonchev–Trinajstić information content (AvgIpc) is 2.75. The van der Waals surface area contributed by atoms with Crippen LogP contribution < -0.4 is 5.32 Å². The number of carbonyl (C=O) groups excluding carboxylic acids is 6. The van der Waals surface area contributed by atoms with E-state index in [1.807, 2.05) is 0 Å². The Labute approximate surface area is 203 Å². The molecule has 1 aliphatic rings. The van der Waals surface area contributed by atoms with Crippen LogP contribution in [-0.4, -0.2) is 79.6 Å². The van der Waals surface area contributed by atoms with Crippen LogP contribution in [0.1, 0.15) is 54.4 Å². The zero-order valence-electron chi connectivity index (χ0n) is 20.9. The van der Waals surface area contributed by atoms with Crippen molar-refractivity contribution < 1.29 is 57.2 Å². The third kappa shape index (κ3) is 8.50. The molecule has 0 unspecified atom stereocenters. The number of carbonyl (C=O) groups is 6. The molecule has 0 aromatic rings. The lowest BCUT2D eigenvalue weighted by molar-refractivity contribution is -0.297. The lowest BCUT2D eigenvalue weighted by Crippen LogP contribution is -2.67. The molecule has 0 aromatic heterocycles. The van der Waals surface area contributed by atoms with Gasteiger partial charge in [0.2, 0.25) is 5.91 Å². The van der Waals surface area contributed by atoms with E-state index in [0.717, 1.165) is 34.8 Å². The van der Waals surface area contributed by atoms with E-state index in [9.17, 15) is 28.8 Å². The summed E-state index contributed by atoms with van der Waals surface area (Å²) >= 11 is 0. The van der Waals surface area contributed by atoms with Gasteiger partial charge in [0.05, 0.1) is 25.7 Å². The van der Waals surface area contributed by atoms with Crippen LogP contribution in [0.15, 0.2) is 0 Å². The highest BCUT2D eigenvalue weighted by molar-refractivity contribution is 5.82. The molecule has 1 fully saturated rings. The summed E-state index contributed by atoms with van der Waals surface area (Å²) in [5.74, 6) is -7.73. The molecular weight excluding hydrogens is 470 g/mol. The molecule has 0 saturated carbocycles. The van der Waals surface area contributed by atoms with Crippen molar-refractivity contribution in [2.24, 2.45) is 5.92 Å². The first-order valence-corrected chi connectivity index (χ1v) is 11.0. The quantitative estimate of drug-likeness (QED) is 0.317. The second-order valence-corrected chi connectivity index (χ2v) is 8.03. The number of hydrogen-bond acceptors (Lipinski definition) is 12. The Hall–Kier alpha value is -3.22. The Balaban J connectivity index is 3.62. The lowest BCUT2D eigenvalue weighted by Gasteiger charge is -2.48. The first kappa shape index (κ1) is 29.8. The monoisotopic (exact) mass is 503 g/mol. The fourth-order valence-electron chi connectivity index (χ4n) is 3.71. The van der Waals surface area contributed by atoms with Crippen molar-refractivity contribution in [2.45, 2.75) is 84.5 Å². The van der Waals surface area contributed by atoms with Crippen molar-refractivity contribution in [1.29, 1.82) is 0 Å². The van der Waals surface area contributed by atoms with Crippen molar-refractivity contribution in [3.63, 3.8) is 0 Å². The predicted octanol–water partition coefficient (Wildman–Crippen LogP) is 0.165. The molecule has 0 spiro atoms. The standard InChI is InChI=1S/C22H33NO12/c1-8-18(28)23-19-16(32-13(4)25)9-22(21(29)30-7,34-15(6)27)35-20(19)11(2)17(33-14(5)26)10-31-12(3)24/h11,16-17,19-20H,8-10H2,1-7H3,(H,23,28)/t11-,16+,17-,19-,20+,22+/m1/s1. The van der Waals surface area contributed by atoms with Gasteiger partial charge in [0.25, 0.3) is 0 Å². The summed E-state index contributed by atoms with van der Waals surface area (Å²) in [6.45, 7) is 7.24. The fraction of sp³-hybridized carbons (Fsp3) is 0.727. The van der Waals surface area contributed by atoms with Gasteiger partial charge in [-0.05, 0) is 0 Å². The minimum Gasteiger partial charge on any atom is -0.464 e. The molecule has 6 atom stereocenters. The molecule has 0 radical (unpaired) electrons. The van der Waals surface area contributed by atoms with Crippen LogP contribution in [0.25, 0.3) is 0 Å². The predicted molar refractivity (Wildman–Crippen MR) is 115 cm³/mol. The van der Waals surface area contributed by atoms with Gasteiger partial charge in [-0.15, -0.1) is 0 Å². The second-order valence-electron chi connectivity index (χ2n) is 8.03. The van der Waals surface area contributed by atoms with E-state index >= 15 is 0 Å². The Morgan fingerprint density at radius 1 is 1.00 bits per heavy atom. The van der Waals surface area contributed by atoms with E-state index in [1.165, 1.54) is 0 Å². The molecule has 1 rings (SSSR count). The van der Waals surface area contributed by atoms with Crippen molar-refractivity contribution in [1.82, 2.24) is 5.32 Å². The number of rotatable bonds is 10. The summed E-state index contributed by atoms with van der Waals surface area (Å²) in [5, 5.41) is 2.69. The van der Waals surface area contributed by atoms with Gasteiger partial charge in [0.15, 0.2) is 0 Å². The smallest absolute Gasteiger partial charge is 0.379 e. The summed E-state index contributed by atoms with van der Waals surface area (Å²) in [5.41, 5.74) is 0. The van der Waals surface area contributed by atoms with Gasteiger partial charge in [0.1, 0.15) is 18.8 Å². The molecule has 1 heterocycles. The van der Waals surface area contributed by atoms with Gasteiger partial charge < -0.3 is 33.7 Å². The maximum absolute atomic E-state index is 12.8. The second kappa shape index (κ2) is 13.0. The van der Waals surface area contributed by atoms with Crippen LogP contribution in [0, 0.1) is 5.92 Å². The fourth-order valence-corrected chi connectivity index (χ4v) is 3.71. The van der Waals surface area contributed by atoms with Crippen molar-refractivity contribution in [3.05, 3.63) is 0 Å². The van der Waals surface area contributed by atoms with Gasteiger partial charge in [-0.1, -0.05) is 13.8 Å². The van der Waals surface area contributed by atoms with E-state index < -0.39 is 78.2 Å². The van der Waals surface area contributed by atoms with Gasteiger partial charge >= 0.3 is 35.6 Å². The summed E-state index contributed by atoms with van der Waals surface area (Å²) in [4.78, 5) is 72.0. The molecule has 0 aromatic carbocycles. The number of methoxy groups -OCH3 is 1. The van der Waals surface area contributed by atoms with Gasteiger partial charge in [-0.3, -0.25) is 24.0 Å². The lowest BCUT2D eigenvalue weighted by atomic mass is 9.84. The number of esters is 5. The normalized spacial score (nSPS) is 25.3. The van der Waals surface area contributed by atoms with Crippen LogP contribution in [-0.2, 0) is 57.2 Å². The Morgan fingerprint density at radius 3 is 2.09 bits per heavy atom. The minimum absolute atomic E-state index is 0.0668. The first-order chi connectivity index (χ1) is 16.3. The van der Waals surface area contributed by atoms with Gasteiger partial charge in [-0.25, -0.2) is 4.79 Å². The van der Waals surface area contributed by atoms with Crippen LogP contribution in [0.3, 0.4) is 0 Å². The van der Waals surface area contributed by atoms with Crippen molar-refractivity contribution >= 4 is 35.8 Å². The third-order valence-electron chi connectivity index (χ3n) is 5.19. The topological polar surface area (TPSA) is 170 Å². The van der Waals surface area contributed by atoms with Gasteiger partial charge in [0, 0.05) is 40.0 Å². The van der Waals surface area contributed by atoms with Crippen molar-refractivity contribution in [3.8, 4) is 0 Å². The molecule has 1 aliphatic heterocycles. The Kier molecular flexibility index (Phi) is 11.1. The molecule has 0 bridgehead atoms. The average molecular weight is 504 g/mol. The molecule has 198 valence electrons. The molecular formula is C22H33NO12. The summed E-state index contributed by atoms with van der Waals surface area (Å²) in [6.07, 6.45) is -3.99. The van der Waals surface area contributed by atoms with E-state index in [4.69, 9.17) is 28.4 Å². The van der Waals surface area contributed by atoms with Crippen LogP contribution in [0.5, 0.6) is 0 Å². The Morgan fingerprint density at radius 2 is 1.63 bits per heavy atom. The molecule has 0 aliphatic carbocycles. The zero-order chi connectivity index (χ0) is 26.9. The molecule has 35 heavy (non-hydrogen) atoms. The van der Waals surface area contributed by atoms with Gasteiger partial charge in [-0.2, -0.15) is 0 Å². The minimum atomic E-state index is -2.34. The number of nitrogens with one attached hydrogen (secondary N) is 1. The number of hydrogen-bond donors (Lipinski definition) is 1. The molecule has 1 N–H and O–H groups in total. The molecule has 1 amide bonds. The van der Waals surface area contributed by atoms with Crippen molar-refractivity contribution in [2.75, 3.05) is 13.7 Å². The summed E-state index contributed by atoms with van der Waals surface area (Å²) in [7, 11) is 1.05. The third-order valence-corrected chi connectivity index (χ3v) is 5.19. The highest BCUT2D eigenvalue weighted by Gasteiger charge is 2.58. The highest BCUT2D eigenvalue weighted by atomic mass is 16.8. The van der Waals surface area contributed by atoms with E-state index in [2.05, 4.69) is 5.32 Å². The summed E-state index contributed by atoms with van der Waals surface area (Å²) < 4.78 is 31.7. The van der Waals surface area contributed by atoms with E-state index in [1.54, 1.807) is 13.8 Å². The molecule has 1 saturated heterocycles. The van der Waals surface area contributed by atoms with E-state index in [0.29, 0.717) is 0 Å². The van der Waals surface area contributed by atoms with E-state index in [-0.39, 0.29) is 13.0 Å². The highest BCUT2D eigenvalue weighted by Crippen LogP contribution is 2.38. The van der Waals surface area contributed by atoms with Crippen LogP contribution in [0.4, 0.5) is 0 Å². The maximum Gasteiger partial charge on any atom is 0.379 e. The first-order valence-electron chi connectivity index (χ1n) is 11.0. The maximum atomic E-state index is 12.8. The molecule has 13 nitrogen and oxygen atoms in total. The van der Waals surface area contributed by atoms with Crippen LogP contribution in [0.2, 0.25) is 0 Å². The number of ether oxygens (including phenoxy) is 6. The summed E-state index contributed by atoms with van der Waals surface area (Å²) in [6, 6.07) is -1.06. The van der Waals surface area contributed by atoms with Crippen LogP contribution >= 0.6 is 0 Å². The SMILES string of the molecule is CCC(=O)N[C@H]1[C@H]([C@H](C)[C@@H](COC(C)=O)OC(C)=O)O[C@](OC(C)=O)(C(=O)OC)C[C@@H]1OC(C)=O. The Bertz CT molecular complexity index is 827. The largest absolute Gasteiger partial charge is 0.464 e. The zero-order valence-corrected chi connectivity index (χ0v) is 20.9. The number of amides is 1. The molecule has 13 heteroatoms.